The summed E-state index contributed by atoms with van der Waals surface area (Å²) in [5, 5.41) is 3.16. The standard InChI is InChI=1S/C17H25N5S/c18-17(20-9-4-7-16-13-19-14-22-16)21-10-12-23-11-8-15-5-2-1-3-6-15/h1-3,5-6,13-14H,4,7-12H2,(H,19,22)(H3,18,20,21). The molecule has 0 aliphatic heterocycles. The molecule has 0 atom stereocenters. The number of H-pyrrole nitrogens is 1. The number of thioether (sulfide) groups is 1. The molecule has 0 spiro atoms. The van der Waals surface area contributed by atoms with Crippen LogP contribution in [-0.2, 0) is 12.8 Å². The van der Waals surface area contributed by atoms with E-state index in [1.807, 2.05) is 18.0 Å². The van der Waals surface area contributed by atoms with Crippen molar-refractivity contribution in [2.45, 2.75) is 19.3 Å². The van der Waals surface area contributed by atoms with Crippen molar-refractivity contribution in [2.24, 2.45) is 10.7 Å². The van der Waals surface area contributed by atoms with Crippen LogP contribution >= 0.6 is 11.8 Å². The lowest BCUT2D eigenvalue weighted by Crippen LogP contribution is -2.33. The van der Waals surface area contributed by atoms with Crippen LogP contribution in [0.25, 0.3) is 0 Å². The molecular formula is C17H25N5S. The summed E-state index contributed by atoms with van der Waals surface area (Å²) in [7, 11) is 0. The zero-order chi connectivity index (χ0) is 16.2. The lowest BCUT2D eigenvalue weighted by atomic mass is 10.2. The fraction of sp³-hybridized carbons (Fsp3) is 0.412. The molecule has 2 aromatic rings. The van der Waals surface area contributed by atoms with Crippen LogP contribution in [0.1, 0.15) is 17.7 Å². The van der Waals surface area contributed by atoms with Gasteiger partial charge in [0, 0.05) is 30.7 Å². The van der Waals surface area contributed by atoms with E-state index in [1.165, 1.54) is 5.56 Å². The first kappa shape index (κ1) is 17.4. The number of aromatic amines is 1. The van der Waals surface area contributed by atoms with Crippen LogP contribution in [-0.4, -0.2) is 40.5 Å². The maximum atomic E-state index is 5.85. The van der Waals surface area contributed by atoms with Gasteiger partial charge in [0.25, 0.3) is 0 Å². The SMILES string of the molecule is NC(=NCCCc1cnc[nH]1)NCCSCCc1ccccc1. The van der Waals surface area contributed by atoms with Gasteiger partial charge in [-0.25, -0.2) is 4.98 Å². The van der Waals surface area contributed by atoms with Gasteiger partial charge >= 0.3 is 0 Å². The Kier molecular flexibility index (Phi) is 8.11. The summed E-state index contributed by atoms with van der Waals surface area (Å²) >= 11 is 1.93. The first-order valence-corrected chi connectivity index (χ1v) is 9.13. The Hall–Kier alpha value is -1.95. The van der Waals surface area contributed by atoms with Crippen LogP contribution in [0.4, 0.5) is 0 Å². The highest BCUT2D eigenvalue weighted by Gasteiger charge is 1.96. The van der Waals surface area contributed by atoms with E-state index in [-0.39, 0.29) is 0 Å². The van der Waals surface area contributed by atoms with Crippen LogP contribution in [0, 0.1) is 0 Å². The van der Waals surface area contributed by atoms with Gasteiger partial charge in [-0.2, -0.15) is 11.8 Å². The lowest BCUT2D eigenvalue weighted by molar-refractivity contribution is 0.806. The highest BCUT2D eigenvalue weighted by molar-refractivity contribution is 7.99. The monoisotopic (exact) mass is 331 g/mol. The number of imidazole rings is 1. The molecule has 1 aromatic carbocycles. The molecule has 5 nitrogen and oxygen atoms in total. The Balaban J connectivity index is 1.46. The van der Waals surface area contributed by atoms with Gasteiger partial charge in [0.15, 0.2) is 5.96 Å². The summed E-state index contributed by atoms with van der Waals surface area (Å²) in [5.74, 6) is 2.71. The number of hydrogen-bond acceptors (Lipinski definition) is 3. The van der Waals surface area contributed by atoms with Gasteiger partial charge in [-0.05, 0) is 30.6 Å². The van der Waals surface area contributed by atoms with Crippen molar-refractivity contribution in [2.75, 3.05) is 24.6 Å². The second-order valence-electron chi connectivity index (χ2n) is 5.22. The number of aryl methyl sites for hydroxylation is 2. The third-order valence-corrected chi connectivity index (χ3v) is 4.36. The average molecular weight is 331 g/mol. The molecule has 0 saturated carbocycles. The van der Waals surface area contributed by atoms with Crippen LogP contribution in [0.2, 0.25) is 0 Å². The molecular weight excluding hydrogens is 306 g/mol. The van der Waals surface area contributed by atoms with E-state index in [2.05, 4.69) is 50.6 Å². The van der Waals surface area contributed by atoms with Crippen LogP contribution in [0.3, 0.4) is 0 Å². The normalized spacial score (nSPS) is 11.6. The topological polar surface area (TPSA) is 79.1 Å². The minimum atomic E-state index is 0.540. The summed E-state index contributed by atoms with van der Waals surface area (Å²) < 4.78 is 0. The quantitative estimate of drug-likeness (QED) is 0.354. The van der Waals surface area contributed by atoms with Crippen LogP contribution < -0.4 is 11.1 Å². The predicted molar refractivity (Wildman–Crippen MR) is 98.9 cm³/mol. The number of aromatic nitrogens is 2. The zero-order valence-corrected chi connectivity index (χ0v) is 14.2. The number of aliphatic imine (C=N–C) groups is 1. The van der Waals surface area contributed by atoms with Gasteiger partial charge in [0.05, 0.1) is 6.33 Å². The van der Waals surface area contributed by atoms with E-state index in [1.54, 1.807) is 6.33 Å². The van der Waals surface area contributed by atoms with Gasteiger partial charge < -0.3 is 16.0 Å². The van der Waals surface area contributed by atoms with Crippen LogP contribution in [0.15, 0.2) is 47.8 Å². The lowest BCUT2D eigenvalue weighted by Gasteiger charge is -2.06. The summed E-state index contributed by atoms with van der Waals surface area (Å²) in [5.41, 5.74) is 8.38. The number of nitrogens with one attached hydrogen (secondary N) is 2. The van der Waals surface area contributed by atoms with Crippen molar-refractivity contribution in [1.29, 1.82) is 0 Å². The number of hydrogen-bond donors (Lipinski definition) is 3. The van der Waals surface area contributed by atoms with E-state index in [9.17, 15) is 0 Å². The van der Waals surface area contributed by atoms with Crippen molar-refractivity contribution in [3.8, 4) is 0 Å². The Morgan fingerprint density at radius 1 is 1.22 bits per heavy atom. The van der Waals surface area contributed by atoms with Crippen LogP contribution in [0.5, 0.6) is 0 Å². The molecule has 0 aliphatic rings. The Morgan fingerprint density at radius 2 is 2.09 bits per heavy atom. The van der Waals surface area contributed by atoms with E-state index in [4.69, 9.17) is 5.73 Å². The fourth-order valence-electron chi connectivity index (χ4n) is 2.13. The molecule has 6 heteroatoms. The van der Waals surface area contributed by atoms with Crippen molar-refractivity contribution in [3.63, 3.8) is 0 Å². The Bertz CT molecular complexity index is 554. The summed E-state index contributed by atoms with van der Waals surface area (Å²) in [6.07, 6.45) is 6.58. The Morgan fingerprint density at radius 3 is 2.87 bits per heavy atom. The Labute approximate surface area is 142 Å². The second kappa shape index (κ2) is 10.7. The second-order valence-corrected chi connectivity index (χ2v) is 6.45. The molecule has 0 unspecified atom stereocenters. The summed E-state index contributed by atoms with van der Waals surface area (Å²) in [6, 6.07) is 10.6. The van der Waals surface area contributed by atoms with Gasteiger partial charge in [0.2, 0.25) is 0 Å². The van der Waals surface area contributed by atoms with Gasteiger partial charge in [0.1, 0.15) is 0 Å². The maximum Gasteiger partial charge on any atom is 0.188 e. The number of rotatable bonds is 10. The van der Waals surface area contributed by atoms with Gasteiger partial charge in [-0.3, -0.25) is 4.99 Å². The fourth-order valence-corrected chi connectivity index (χ4v) is 2.96. The zero-order valence-electron chi connectivity index (χ0n) is 13.4. The first-order valence-electron chi connectivity index (χ1n) is 7.97. The van der Waals surface area contributed by atoms with Gasteiger partial charge in [-0.15, -0.1) is 0 Å². The smallest absolute Gasteiger partial charge is 0.188 e. The molecule has 0 radical (unpaired) electrons. The molecule has 23 heavy (non-hydrogen) atoms. The summed E-state index contributed by atoms with van der Waals surface area (Å²) in [6.45, 7) is 1.59. The van der Waals surface area contributed by atoms with Crippen molar-refractivity contribution in [3.05, 3.63) is 54.1 Å². The molecule has 0 bridgehead atoms. The van der Waals surface area contributed by atoms with Gasteiger partial charge in [-0.1, -0.05) is 30.3 Å². The largest absolute Gasteiger partial charge is 0.370 e. The minimum Gasteiger partial charge on any atom is -0.370 e. The average Bonchev–Trinajstić information content (AvgIpc) is 3.09. The van der Waals surface area contributed by atoms with Crippen molar-refractivity contribution >= 4 is 17.7 Å². The van der Waals surface area contributed by atoms with E-state index in [0.717, 1.165) is 49.6 Å². The molecule has 0 saturated heterocycles. The third kappa shape index (κ3) is 7.74. The maximum absolute atomic E-state index is 5.85. The van der Waals surface area contributed by atoms with E-state index in [0.29, 0.717) is 5.96 Å². The summed E-state index contributed by atoms with van der Waals surface area (Å²) in [4.78, 5) is 11.4. The predicted octanol–water partition coefficient (Wildman–Crippen LogP) is 2.22. The molecule has 124 valence electrons. The van der Waals surface area contributed by atoms with Crippen molar-refractivity contribution in [1.82, 2.24) is 15.3 Å². The number of benzene rings is 1. The molecule has 4 N–H and O–H groups in total. The molecule has 0 fully saturated rings. The number of nitrogens with two attached hydrogens (primary N) is 1. The number of nitrogens with zero attached hydrogens (tertiary/aromatic N) is 2. The highest BCUT2D eigenvalue weighted by atomic mass is 32.2. The van der Waals surface area contributed by atoms with E-state index >= 15 is 0 Å². The molecule has 1 heterocycles. The number of guanidine groups is 1. The molecule has 1 aromatic heterocycles. The molecule has 2 rings (SSSR count). The molecule has 0 amide bonds. The minimum absolute atomic E-state index is 0.540. The third-order valence-electron chi connectivity index (χ3n) is 3.37. The van der Waals surface area contributed by atoms with Crippen molar-refractivity contribution < 1.29 is 0 Å². The first-order chi connectivity index (χ1) is 11.3. The van der Waals surface area contributed by atoms with E-state index < -0.39 is 0 Å². The molecule has 0 aliphatic carbocycles. The highest BCUT2D eigenvalue weighted by Crippen LogP contribution is 2.06.